The number of rotatable bonds is 0. The number of likely N-dealkylation sites (tertiary alicyclic amines) is 1. The molecule has 5 atom stereocenters. The van der Waals surface area contributed by atoms with Crippen LogP contribution in [0.2, 0.25) is 0 Å². The zero-order chi connectivity index (χ0) is 12.4. The van der Waals surface area contributed by atoms with Gasteiger partial charge in [-0.05, 0) is 106 Å². The Morgan fingerprint density at radius 1 is 0.842 bits per heavy atom. The summed E-state index contributed by atoms with van der Waals surface area (Å²) in [5.74, 6) is 9.27. The first-order valence-corrected chi connectivity index (χ1v) is 9.00. The first kappa shape index (κ1) is 10.7. The summed E-state index contributed by atoms with van der Waals surface area (Å²) in [5, 5.41) is 0. The van der Waals surface area contributed by atoms with Crippen molar-refractivity contribution >= 4 is 0 Å². The smallest absolute Gasteiger partial charge is 0.0269 e. The van der Waals surface area contributed by atoms with Crippen molar-refractivity contribution in [2.24, 2.45) is 47.3 Å². The molecule has 1 saturated heterocycles. The van der Waals surface area contributed by atoms with Gasteiger partial charge in [-0.1, -0.05) is 0 Å². The normalized spacial score (nSPS) is 68.7. The summed E-state index contributed by atoms with van der Waals surface area (Å²) in [6.07, 6.45) is 11.2. The van der Waals surface area contributed by atoms with Gasteiger partial charge < -0.3 is 4.90 Å². The van der Waals surface area contributed by atoms with Gasteiger partial charge in [0.15, 0.2) is 0 Å². The minimum absolute atomic E-state index is 0.690. The molecule has 0 radical (unpaired) electrons. The van der Waals surface area contributed by atoms with E-state index in [0.717, 1.165) is 29.6 Å². The molecule has 5 unspecified atom stereocenters. The van der Waals surface area contributed by atoms with Crippen LogP contribution in [-0.2, 0) is 0 Å². The van der Waals surface area contributed by atoms with Crippen LogP contribution in [0.4, 0.5) is 0 Å². The lowest BCUT2D eigenvalue weighted by Crippen LogP contribution is -2.74. The van der Waals surface area contributed by atoms with Gasteiger partial charge in [0.2, 0.25) is 0 Å². The lowest BCUT2D eigenvalue weighted by atomic mass is 9.31. The van der Waals surface area contributed by atoms with Gasteiger partial charge in [0, 0.05) is 5.54 Å². The molecule has 8 bridgehead atoms. The van der Waals surface area contributed by atoms with E-state index in [2.05, 4.69) is 11.9 Å². The van der Waals surface area contributed by atoms with Crippen molar-refractivity contribution < 1.29 is 0 Å². The zero-order valence-electron chi connectivity index (χ0n) is 12.2. The second-order valence-corrected chi connectivity index (χ2v) is 9.10. The van der Waals surface area contributed by atoms with E-state index in [9.17, 15) is 0 Å². The first-order chi connectivity index (χ1) is 9.29. The van der Waals surface area contributed by atoms with Crippen LogP contribution in [0.3, 0.4) is 0 Å². The van der Waals surface area contributed by atoms with Gasteiger partial charge in [-0.2, -0.15) is 0 Å². The Labute approximate surface area is 117 Å². The molecule has 0 aromatic rings. The van der Waals surface area contributed by atoms with Gasteiger partial charge in [0.1, 0.15) is 0 Å². The molecule has 19 heavy (non-hydrogen) atoms. The fraction of sp³-hybridized carbons (Fsp3) is 1.00. The van der Waals surface area contributed by atoms with E-state index in [1.807, 2.05) is 0 Å². The maximum atomic E-state index is 2.86. The summed E-state index contributed by atoms with van der Waals surface area (Å²) in [6.45, 7) is 1.40. The van der Waals surface area contributed by atoms with Crippen molar-refractivity contribution in [3.63, 3.8) is 0 Å². The van der Waals surface area contributed by atoms with Crippen LogP contribution in [-0.4, -0.2) is 24.0 Å². The molecule has 0 N–H and O–H groups in total. The molecule has 0 amide bonds. The Hall–Kier alpha value is -0.0400. The summed E-state index contributed by atoms with van der Waals surface area (Å²) in [6, 6.07) is 0. The highest BCUT2D eigenvalue weighted by Gasteiger charge is 2.72. The second kappa shape index (κ2) is 3.08. The largest absolute Gasteiger partial charge is 0.300 e. The molecule has 1 aliphatic heterocycles. The predicted molar refractivity (Wildman–Crippen MR) is 75.6 cm³/mol. The van der Waals surface area contributed by atoms with Crippen molar-refractivity contribution in [3.8, 4) is 0 Å². The van der Waals surface area contributed by atoms with Gasteiger partial charge in [-0.3, -0.25) is 0 Å². The topological polar surface area (TPSA) is 3.24 Å². The summed E-state index contributed by atoms with van der Waals surface area (Å²) in [4.78, 5) is 2.86. The van der Waals surface area contributed by atoms with Crippen molar-refractivity contribution in [1.82, 2.24) is 4.90 Å². The summed E-state index contributed by atoms with van der Waals surface area (Å²) in [7, 11) is 2.48. The molecule has 8 rings (SSSR count). The SMILES string of the molecule is CN1CCCC12C1CC3C4CC5CC3C2C(C5)C4C1. The molecular formula is C18H27N. The molecule has 8 aliphatic rings. The molecule has 1 heteroatoms. The Balaban J connectivity index is 1.55. The van der Waals surface area contributed by atoms with E-state index in [0.29, 0.717) is 5.54 Å². The molecular weight excluding hydrogens is 230 g/mol. The van der Waals surface area contributed by atoms with Crippen LogP contribution >= 0.6 is 0 Å². The molecule has 1 spiro atoms. The summed E-state index contributed by atoms with van der Waals surface area (Å²) >= 11 is 0. The quantitative estimate of drug-likeness (QED) is 0.643. The molecule has 7 aliphatic carbocycles. The van der Waals surface area contributed by atoms with Gasteiger partial charge in [0.05, 0.1) is 0 Å². The van der Waals surface area contributed by atoms with Gasteiger partial charge in [-0.25, -0.2) is 0 Å². The lowest BCUT2D eigenvalue weighted by Gasteiger charge is -2.75. The highest BCUT2D eigenvalue weighted by atomic mass is 15.2. The van der Waals surface area contributed by atoms with Crippen molar-refractivity contribution in [2.45, 2.75) is 50.5 Å². The van der Waals surface area contributed by atoms with Crippen LogP contribution in [0.25, 0.3) is 0 Å². The average Bonchev–Trinajstić information content (AvgIpc) is 2.79. The molecule has 7 saturated carbocycles. The van der Waals surface area contributed by atoms with E-state index in [-0.39, 0.29) is 0 Å². The van der Waals surface area contributed by atoms with Crippen LogP contribution in [0.5, 0.6) is 0 Å². The Morgan fingerprint density at radius 2 is 1.47 bits per heavy atom. The van der Waals surface area contributed by atoms with Crippen molar-refractivity contribution in [3.05, 3.63) is 0 Å². The van der Waals surface area contributed by atoms with E-state index in [1.165, 1.54) is 30.7 Å². The van der Waals surface area contributed by atoms with Crippen LogP contribution in [0.15, 0.2) is 0 Å². The molecule has 1 nitrogen and oxygen atoms in total. The Kier molecular flexibility index (Phi) is 1.73. The third-order valence-electron chi connectivity index (χ3n) is 9.12. The van der Waals surface area contributed by atoms with E-state index < -0.39 is 0 Å². The minimum atomic E-state index is 0.690. The molecule has 8 fully saturated rings. The number of hydrogen-bond acceptors (Lipinski definition) is 1. The predicted octanol–water partition coefficient (Wildman–Crippen LogP) is 3.40. The fourth-order valence-electron chi connectivity index (χ4n) is 9.05. The minimum Gasteiger partial charge on any atom is -0.300 e. The van der Waals surface area contributed by atoms with E-state index in [1.54, 1.807) is 38.5 Å². The highest BCUT2D eigenvalue weighted by Crippen LogP contribution is 2.75. The average molecular weight is 257 g/mol. The van der Waals surface area contributed by atoms with Crippen LogP contribution in [0, 0.1) is 47.3 Å². The Bertz CT molecular complexity index is 421. The van der Waals surface area contributed by atoms with Crippen molar-refractivity contribution in [2.75, 3.05) is 13.6 Å². The highest BCUT2D eigenvalue weighted by molar-refractivity contribution is 5.23. The second-order valence-electron chi connectivity index (χ2n) is 9.10. The number of nitrogens with zero attached hydrogens (tertiary/aromatic N) is 1. The number of hydrogen-bond donors (Lipinski definition) is 0. The maximum absolute atomic E-state index is 2.86. The van der Waals surface area contributed by atoms with E-state index in [4.69, 9.17) is 0 Å². The van der Waals surface area contributed by atoms with Gasteiger partial charge >= 0.3 is 0 Å². The van der Waals surface area contributed by atoms with Gasteiger partial charge in [0.25, 0.3) is 0 Å². The summed E-state index contributed by atoms with van der Waals surface area (Å²) < 4.78 is 0. The third-order valence-corrected chi connectivity index (χ3v) is 9.12. The van der Waals surface area contributed by atoms with Crippen molar-refractivity contribution in [1.29, 1.82) is 0 Å². The standard InChI is InChI=1S/C18H27N/c1-19-4-2-3-18(19)11-8-13-12-5-10-6-15(13)17(18)16(7-10)14(12)9-11/h10-17H,2-9H2,1H3. The Morgan fingerprint density at radius 3 is 2.11 bits per heavy atom. The maximum Gasteiger partial charge on any atom is 0.0269 e. The monoisotopic (exact) mass is 257 g/mol. The lowest BCUT2D eigenvalue weighted by molar-refractivity contribution is -0.260. The third kappa shape index (κ3) is 0.962. The zero-order valence-corrected chi connectivity index (χ0v) is 12.2. The van der Waals surface area contributed by atoms with Crippen LogP contribution in [0.1, 0.15) is 44.9 Å². The fourth-order valence-corrected chi connectivity index (χ4v) is 9.05. The van der Waals surface area contributed by atoms with Crippen LogP contribution < -0.4 is 0 Å². The summed E-state index contributed by atoms with van der Waals surface area (Å²) in [5.41, 5.74) is 0.690. The van der Waals surface area contributed by atoms with Gasteiger partial charge in [-0.15, -0.1) is 0 Å². The van der Waals surface area contributed by atoms with E-state index >= 15 is 0 Å². The molecule has 1 heterocycles. The first-order valence-electron chi connectivity index (χ1n) is 9.00. The molecule has 0 aromatic heterocycles. The molecule has 0 aromatic carbocycles. The molecule has 104 valence electrons.